The van der Waals surface area contributed by atoms with Crippen LogP contribution >= 0.6 is 35.2 Å². The first-order chi connectivity index (χ1) is 9.28. The van der Waals surface area contributed by atoms with Gasteiger partial charge in [0.25, 0.3) is 0 Å². The maximum absolute atomic E-state index is 6.33. The van der Waals surface area contributed by atoms with Crippen molar-refractivity contribution >= 4 is 50.6 Å². The van der Waals surface area contributed by atoms with E-state index >= 15 is 0 Å². The second-order valence-electron chi connectivity index (χ2n) is 3.99. The van der Waals surface area contributed by atoms with Crippen LogP contribution in [0.25, 0.3) is 10.1 Å². The van der Waals surface area contributed by atoms with Gasteiger partial charge >= 0.3 is 0 Å². The SMILES string of the molecule is S=Cc1ccc(Oc2sc3ccccc3c2Cl)cc1. The van der Waals surface area contributed by atoms with Gasteiger partial charge in [-0.05, 0) is 23.8 Å². The largest absolute Gasteiger partial charge is 0.445 e. The zero-order valence-corrected chi connectivity index (χ0v) is 12.2. The molecule has 1 aromatic heterocycles. The van der Waals surface area contributed by atoms with Crippen LogP contribution in [-0.4, -0.2) is 5.37 Å². The van der Waals surface area contributed by atoms with Crippen LogP contribution in [0.5, 0.6) is 10.8 Å². The van der Waals surface area contributed by atoms with Crippen molar-refractivity contribution < 1.29 is 4.74 Å². The molecule has 4 heteroatoms. The number of fused-ring (bicyclic) bond motifs is 1. The van der Waals surface area contributed by atoms with E-state index in [4.69, 9.17) is 28.6 Å². The molecule has 0 saturated carbocycles. The molecule has 0 amide bonds. The quantitative estimate of drug-likeness (QED) is 0.574. The molecular weight excluding hydrogens is 296 g/mol. The molecule has 3 rings (SSSR count). The summed E-state index contributed by atoms with van der Waals surface area (Å²) in [7, 11) is 0. The van der Waals surface area contributed by atoms with Gasteiger partial charge in [-0.25, -0.2) is 0 Å². The first-order valence-corrected chi connectivity index (χ1v) is 7.34. The number of thiocarbonyl (C=S) groups is 1. The normalized spacial score (nSPS) is 10.6. The molecule has 0 spiro atoms. The molecule has 0 aliphatic heterocycles. The van der Waals surface area contributed by atoms with Crippen LogP contribution in [-0.2, 0) is 0 Å². The fraction of sp³-hybridized carbons (Fsp3) is 0. The van der Waals surface area contributed by atoms with Crippen LogP contribution in [0.1, 0.15) is 5.56 Å². The maximum Gasteiger partial charge on any atom is 0.200 e. The van der Waals surface area contributed by atoms with E-state index in [0.717, 1.165) is 26.5 Å². The monoisotopic (exact) mass is 304 g/mol. The molecule has 0 N–H and O–H groups in total. The van der Waals surface area contributed by atoms with Gasteiger partial charge in [-0.1, -0.05) is 65.5 Å². The predicted molar refractivity (Wildman–Crippen MR) is 86.1 cm³/mol. The van der Waals surface area contributed by atoms with Gasteiger partial charge in [0.05, 0.1) is 0 Å². The molecule has 0 atom stereocenters. The molecule has 0 saturated heterocycles. The van der Waals surface area contributed by atoms with Crippen LogP contribution in [0.3, 0.4) is 0 Å². The highest BCUT2D eigenvalue weighted by Crippen LogP contribution is 2.43. The Hall–Kier alpha value is -1.42. The molecule has 3 aromatic rings. The smallest absolute Gasteiger partial charge is 0.200 e. The number of hydrogen-bond acceptors (Lipinski definition) is 3. The zero-order valence-electron chi connectivity index (χ0n) is 9.80. The molecule has 19 heavy (non-hydrogen) atoms. The summed E-state index contributed by atoms with van der Waals surface area (Å²) in [4.78, 5) is 0. The van der Waals surface area contributed by atoms with Gasteiger partial charge in [-0.15, -0.1) is 0 Å². The first kappa shape index (κ1) is 12.6. The Morgan fingerprint density at radius 1 is 1.05 bits per heavy atom. The predicted octanol–water partition coefficient (Wildman–Crippen LogP) is 5.69. The fourth-order valence-electron chi connectivity index (χ4n) is 1.78. The third-order valence-corrected chi connectivity index (χ3v) is 4.54. The van der Waals surface area contributed by atoms with Crippen molar-refractivity contribution in [3.05, 3.63) is 59.1 Å². The fourth-order valence-corrected chi connectivity index (χ4v) is 3.27. The van der Waals surface area contributed by atoms with Crippen LogP contribution < -0.4 is 4.74 Å². The van der Waals surface area contributed by atoms with E-state index in [0.29, 0.717) is 5.02 Å². The lowest BCUT2D eigenvalue weighted by Gasteiger charge is -2.03. The average Bonchev–Trinajstić information content (AvgIpc) is 2.77. The third kappa shape index (κ3) is 2.50. The van der Waals surface area contributed by atoms with Gasteiger partial charge < -0.3 is 4.74 Å². The Balaban J connectivity index is 1.96. The highest BCUT2D eigenvalue weighted by molar-refractivity contribution is 7.79. The lowest BCUT2D eigenvalue weighted by atomic mass is 10.2. The number of ether oxygens (including phenoxy) is 1. The zero-order chi connectivity index (χ0) is 13.2. The van der Waals surface area contributed by atoms with Crippen molar-refractivity contribution in [1.82, 2.24) is 0 Å². The van der Waals surface area contributed by atoms with Crippen molar-refractivity contribution in [3.63, 3.8) is 0 Å². The summed E-state index contributed by atoms with van der Waals surface area (Å²) < 4.78 is 6.96. The summed E-state index contributed by atoms with van der Waals surface area (Å²) in [5, 5.41) is 4.05. The van der Waals surface area contributed by atoms with E-state index in [1.165, 1.54) is 0 Å². The first-order valence-electron chi connectivity index (χ1n) is 5.68. The van der Waals surface area contributed by atoms with Gasteiger partial charge in [-0.3, -0.25) is 0 Å². The molecule has 0 radical (unpaired) electrons. The van der Waals surface area contributed by atoms with Gasteiger partial charge in [0.2, 0.25) is 5.06 Å². The van der Waals surface area contributed by atoms with Crippen molar-refractivity contribution in [2.45, 2.75) is 0 Å². The van der Waals surface area contributed by atoms with Crippen LogP contribution in [0.4, 0.5) is 0 Å². The molecular formula is C15H9ClOS2. The standard InChI is InChI=1S/C15H9ClOS2/c16-14-12-3-1-2-4-13(12)19-15(14)17-11-7-5-10(9-18)6-8-11/h1-9H. The summed E-state index contributed by atoms with van der Waals surface area (Å²) in [5.41, 5.74) is 0.991. The summed E-state index contributed by atoms with van der Waals surface area (Å²) in [6.07, 6.45) is 0. The van der Waals surface area contributed by atoms with E-state index in [1.807, 2.05) is 48.5 Å². The van der Waals surface area contributed by atoms with E-state index in [1.54, 1.807) is 16.7 Å². The van der Waals surface area contributed by atoms with Crippen LogP contribution in [0.15, 0.2) is 48.5 Å². The molecule has 2 aromatic carbocycles. The Morgan fingerprint density at radius 3 is 2.47 bits per heavy atom. The van der Waals surface area contributed by atoms with E-state index in [-0.39, 0.29) is 0 Å². The topological polar surface area (TPSA) is 9.23 Å². The molecule has 0 aliphatic rings. The molecule has 0 aliphatic carbocycles. The Labute approximate surface area is 125 Å². The summed E-state index contributed by atoms with van der Waals surface area (Å²) in [5.74, 6) is 0.758. The second kappa shape index (κ2) is 5.29. The maximum atomic E-state index is 6.33. The summed E-state index contributed by atoms with van der Waals surface area (Å²) in [6.45, 7) is 0. The third-order valence-electron chi connectivity index (χ3n) is 2.73. The number of rotatable bonds is 3. The molecule has 0 fully saturated rings. The van der Waals surface area contributed by atoms with E-state index in [9.17, 15) is 0 Å². The second-order valence-corrected chi connectivity index (χ2v) is 5.62. The van der Waals surface area contributed by atoms with Crippen LogP contribution in [0, 0.1) is 0 Å². The minimum atomic E-state index is 0.666. The number of halogens is 1. The van der Waals surface area contributed by atoms with E-state index < -0.39 is 0 Å². The van der Waals surface area contributed by atoms with Crippen molar-refractivity contribution in [3.8, 4) is 10.8 Å². The van der Waals surface area contributed by atoms with Gasteiger partial charge in [0, 0.05) is 15.5 Å². The van der Waals surface area contributed by atoms with Gasteiger partial charge in [0.1, 0.15) is 10.8 Å². The summed E-state index contributed by atoms with van der Waals surface area (Å²) in [6, 6.07) is 15.6. The number of benzene rings is 2. The Morgan fingerprint density at radius 2 is 1.79 bits per heavy atom. The van der Waals surface area contributed by atoms with Crippen LogP contribution in [0.2, 0.25) is 5.02 Å². The molecule has 1 heterocycles. The van der Waals surface area contributed by atoms with Gasteiger partial charge in [-0.2, -0.15) is 0 Å². The Kier molecular flexibility index (Phi) is 3.51. The van der Waals surface area contributed by atoms with Crippen molar-refractivity contribution in [1.29, 1.82) is 0 Å². The minimum Gasteiger partial charge on any atom is -0.445 e. The summed E-state index contributed by atoms with van der Waals surface area (Å²) >= 11 is 12.7. The van der Waals surface area contributed by atoms with Crippen molar-refractivity contribution in [2.24, 2.45) is 0 Å². The van der Waals surface area contributed by atoms with Crippen molar-refractivity contribution in [2.75, 3.05) is 0 Å². The lowest BCUT2D eigenvalue weighted by Crippen LogP contribution is -1.83. The average molecular weight is 305 g/mol. The molecule has 0 bridgehead atoms. The number of hydrogen-bond donors (Lipinski definition) is 0. The molecule has 0 unspecified atom stereocenters. The van der Waals surface area contributed by atoms with E-state index in [2.05, 4.69) is 0 Å². The minimum absolute atomic E-state index is 0.666. The highest BCUT2D eigenvalue weighted by Gasteiger charge is 2.11. The Bertz CT molecular complexity index is 731. The highest BCUT2D eigenvalue weighted by atomic mass is 35.5. The molecule has 1 nitrogen and oxygen atoms in total. The molecule has 94 valence electrons. The lowest BCUT2D eigenvalue weighted by molar-refractivity contribution is 0.497. The number of thiophene rings is 1. The van der Waals surface area contributed by atoms with Gasteiger partial charge in [0.15, 0.2) is 0 Å².